The van der Waals surface area contributed by atoms with E-state index >= 15 is 0 Å². The SMILES string of the molecule is C=CCn1c(N)nnc1SCC(=O)Nc1ccc(Br)c(C)c1. The number of aromatic nitrogens is 3. The maximum absolute atomic E-state index is 12.0. The van der Waals surface area contributed by atoms with Crippen molar-refractivity contribution in [3.63, 3.8) is 0 Å². The topological polar surface area (TPSA) is 85.8 Å². The van der Waals surface area contributed by atoms with Gasteiger partial charge in [0.25, 0.3) is 0 Å². The summed E-state index contributed by atoms with van der Waals surface area (Å²) in [5.74, 6) is 0.425. The molecule has 2 rings (SSSR count). The van der Waals surface area contributed by atoms with Crippen molar-refractivity contribution >= 4 is 45.2 Å². The second-order valence-electron chi connectivity index (χ2n) is 4.54. The van der Waals surface area contributed by atoms with Crippen LogP contribution in [-0.2, 0) is 11.3 Å². The molecule has 0 radical (unpaired) electrons. The molecule has 0 fully saturated rings. The fourth-order valence-electron chi connectivity index (χ4n) is 1.76. The number of carbonyl (C=O) groups excluding carboxylic acids is 1. The molecule has 8 heteroatoms. The van der Waals surface area contributed by atoms with Gasteiger partial charge < -0.3 is 11.1 Å². The number of thioether (sulfide) groups is 1. The van der Waals surface area contributed by atoms with Crippen molar-refractivity contribution in [1.29, 1.82) is 0 Å². The Bertz CT molecular complexity index is 701. The van der Waals surface area contributed by atoms with Crippen LogP contribution in [0.15, 0.2) is 40.5 Å². The summed E-state index contributed by atoms with van der Waals surface area (Å²) in [5, 5.41) is 11.2. The van der Waals surface area contributed by atoms with Gasteiger partial charge in [-0.1, -0.05) is 33.8 Å². The van der Waals surface area contributed by atoms with Crippen molar-refractivity contribution in [2.24, 2.45) is 0 Å². The lowest BCUT2D eigenvalue weighted by atomic mass is 10.2. The molecule has 0 saturated carbocycles. The molecule has 1 aromatic carbocycles. The van der Waals surface area contributed by atoms with Crippen LogP contribution >= 0.6 is 27.7 Å². The summed E-state index contributed by atoms with van der Waals surface area (Å²) in [6.45, 7) is 6.14. The summed E-state index contributed by atoms with van der Waals surface area (Å²) in [4.78, 5) is 12.0. The Labute approximate surface area is 141 Å². The summed E-state index contributed by atoms with van der Waals surface area (Å²) in [5.41, 5.74) is 7.53. The average Bonchev–Trinajstić information content (AvgIpc) is 2.82. The zero-order valence-electron chi connectivity index (χ0n) is 12.0. The third kappa shape index (κ3) is 4.11. The highest BCUT2D eigenvalue weighted by molar-refractivity contribution is 9.10. The number of amides is 1. The standard InChI is InChI=1S/C14H16BrN5OS/c1-3-6-20-13(16)18-19-14(20)22-8-12(21)17-10-4-5-11(15)9(2)7-10/h3-5,7H,1,6,8H2,2H3,(H2,16,18)(H,17,21). The summed E-state index contributed by atoms with van der Waals surface area (Å²) < 4.78 is 2.71. The van der Waals surface area contributed by atoms with Crippen LogP contribution in [0.1, 0.15) is 5.56 Å². The highest BCUT2D eigenvalue weighted by Gasteiger charge is 2.11. The van der Waals surface area contributed by atoms with Crippen molar-refractivity contribution in [1.82, 2.24) is 14.8 Å². The molecule has 0 atom stereocenters. The van der Waals surface area contributed by atoms with Gasteiger partial charge in [0.1, 0.15) is 0 Å². The highest BCUT2D eigenvalue weighted by Crippen LogP contribution is 2.21. The minimum absolute atomic E-state index is 0.113. The molecular formula is C14H16BrN5OS. The van der Waals surface area contributed by atoms with Gasteiger partial charge in [-0.25, -0.2) is 0 Å². The molecule has 22 heavy (non-hydrogen) atoms. The van der Waals surface area contributed by atoms with Crippen molar-refractivity contribution in [3.05, 3.63) is 40.9 Å². The first kappa shape index (κ1) is 16.6. The predicted molar refractivity (Wildman–Crippen MR) is 92.9 cm³/mol. The van der Waals surface area contributed by atoms with Gasteiger partial charge in [0.05, 0.1) is 5.75 Å². The van der Waals surface area contributed by atoms with Gasteiger partial charge in [-0.05, 0) is 30.7 Å². The monoisotopic (exact) mass is 381 g/mol. The molecule has 116 valence electrons. The van der Waals surface area contributed by atoms with Gasteiger partial charge >= 0.3 is 0 Å². The summed E-state index contributed by atoms with van der Waals surface area (Å²) in [7, 11) is 0. The Morgan fingerprint density at radius 2 is 2.32 bits per heavy atom. The second kappa shape index (κ2) is 7.46. The zero-order chi connectivity index (χ0) is 16.1. The highest BCUT2D eigenvalue weighted by atomic mass is 79.9. The molecule has 0 aliphatic carbocycles. The number of nitrogens with zero attached hydrogens (tertiary/aromatic N) is 3. The fraction of sp³-hybridized carbons (Fsp3) is 0.214. The van der Waals surface area contributed by atoms with Gasteiger partial charge in [0.2, 0.25) is 11.9 Å². The van der Waals surface area contributed by atoms with E-state index in [1.54, 1.807) is 10.6 Å². The van der Waals surface area contributed by atoms with Crippen molar-refractivity contribution in [2.45, 2.75) is 18.6 Å². The molecule has 6 nitrogen and oxygen atoms in total. The summed E-state index contributed by atoms with van der Waals surface area (Å²) in [6, 6.07) is 5.65. The van der Waals surface area contributed by atoms with Crippen molar-refractivity contribution in [3.8, 4) is 0 Å². The van der Waals surface area contributed by atoms with E-state index in [-0.39, 0.29) is 11.7 Å². The van der Waals surface area contributed by atoms with Crippen LogP contribution in [0, 0.1) is 6.92 Å². The number of nitrogen functional groups attached to an aromatic ring is 1. The Kier molecular flexibility index (Phi) is 5.62. The van der Waals surface area contributed by atoms with E-state index in [2.05, 4.69) is 38.0 Å². The average molecular weight is 382 g/mol. The zero-order valence-corrected chi connectivity index (χ0v) is 14.4. The van der Waals surface area contributed by atoms with Crippen LogP contribution in [0.5, 0.6) is 0 Å². The number of aryl methyl sites for hydroxylation is 1. The molecule has 0 aliphatic heterocycles. The van der Waals surface area contributed by atoms with Gasteiger partial charge in [-0.15, -0.1) is 16.8 Å². The van der Waals surface area contributed by atoms with Gasteiger partial charge in [0.15, 0.2) is 5.16 Å². The molecule has 0 saturated heterocycles. The smallest absolute Gasteiger partial charge is 0.234 e. The van der Waals surface area contributed by atoms with E-state index in [0.717, 1.165) is 15.7 Å². The van der Waals surface area contributed by atoms with Crippen LogP contribution in [0.4, 0.5) is 11.6 Å². The largest absolute Gasteiger partial charge is 0.368 e. The number of nitrogens with two attached hydrogens (primary N) is 1. The maximum atomic E-state index is 12.0. The van der Waals surface area contributed by atoms with Gasteiger partial charge in [-0.3, -0.25) is 9.36 Å². The molecule has 1 aromatic heterocycles. The molecule has 2 aromatic rings. The summed E-state index contributed by atoms with van der Waals surface area (Å²) >= 11 is 4.71. The Hall–Kier alpha value is -1.80. The third-order valence-electron chi connectivity index (χ3n) is 2.83. The first-order valence-corrected chi connectivity index (χ1v) is 8.27. The summed E-state index contributed by atoms with van der Waals surface area (Å²) in [6.07, 6.45) is 1.70. The van der Waals surface area contributed by atoms with E-state index in [0.29, 0.717) is 17.6 Å². The van der Waals surface area contributed by atoms with E-state index < -0.39 is 0 Å². The lowest BCUT2D eigenvalue weighted by Crippen LogP contribution is -2.14. The Morgan fingerprint density at radius 3 is 3.00 bits per heavy atom. The number of allylic oxidation sites excluding steroid dienone is 1. The van der Waals surface area contributed by atoms with E-state index in [4.69, 9.17) is 5.73 Å². The molecular weight excluding hydrogens is 366 g/mol. The van der Waals surface area contributed by atoms with Crippen molar-refractivity contribution < 1.29 is 4.79 Å². The number of hydrogen-bond donors (Lipinski definition) is 2. The molecule has 0 aliphatic rings. The first-order chi connectivity index (χ1) is 10.5. The van der Waals surface area contributed by atoms with E-state index in [1.165, 1.54) is 11.8 Å². The molecule has 0 spiro atoms. The lowest BCUT2D eigenvalue weighted by molar-refractivity contribution is -0.113. The predicted octanol–water partition coefficient (Wildman–Crippen LogP) is 2.85. The number of halogens is 1. The van der Waals surface area contributed by atoms with Crippen LogP contribution in [-0.4, -0.2) is 26.4 Å². The third-order valence-corrected chi connectivity index (χ3v) is 4.69. The van der Waals surface area contributed by atoms with Crippen LogP contribution < -0.4 is 11.1 Å². The number of anilines is 2. The number of hydrogen-bond acceptors (Lipinski definition) is 5. The van der Waals surface area contributed by atoms with Gasteiger partial charge in [0, 0.05) is 16.7 Å². The Balaban J connectivity index is 1.95. The van der Waals surface area contributed by atoms with E-state index in [9.17, 15) is 4.79 Å². The van der Waals surface area contributed by atoms with Crippen LogP contribution in [0.25, 0.3) is 0 Å². The fourth-order valence-corrected chi connectivity index (χ4v) is 2.76. The second-order valence-corrected chi connectivity index (χ2v) is 6.34. The Morgan fingerprint density at radius 1 is 1.55 bits per heavy atom. The molecule has 1 heterocycles. The van der Waals surface area contributed by atoms with Crippen LogP contribution in [0.2, 0.25) is 0 Å². The molecule has 0 bridgehead atoms. The maximum Gasteiger partial charge on any atom is 0.234 e. The van der Waals surface area contributed by atoms with E-state index in [1.807, 2.05) is 25.1 Å². The minimum atomic E-state index is -0.113. The number of rotatable bonds is 6. The van der Waals surface area contributed by atoms with Crippen molar-refractivity contribution in [2.75, 3.05) is 16.8 Å². The number of carbonyl (C=O) groups is 1. The number of nitrogens with one attached hydrogen (secondary N) is 1. The van der Waals surface area contributed by atoms with Gasteiger partial charge in [-0.2, -0.15) is 0 Å². The lowest BCUT2D eigenvalue weighted by Gasteiger charge is -2.07. The molecule has 0 unspecified atom stereocenters. The number of benzene rings is 1. The van der Waals surface area contributed by atoms with Crippen LogP contribution in [0.3, 0.4) is 0 Å². The normalized spacial score (nSPS) is 10.5. The molecule has 1 amide bonds. The molecule has 3 N–H and O–H groups in total. The quantitative estimate of drug-likeness (QED) is 0.593. The first-order valence-electron chi connectivity index (χ1n) is 6.49. The minimum Gasteiger partial charge on any atom is -0.368 e.